The number of nitrogens with two attached hydrogens (primary N) is 1. The molecule has 0 aromatic heterocycles. The van der Waals surface area contributed by atoms with Crippen LogP contribution >= 0.6 is 0 Å². The largest absolute Gasteiger partial charge is 0.496 e. The third kappa shape index (κ3) is 6.83. The second-order valence-electron chi connectivity index (χ2n) is 9.79. The van der Waals surface area contributed by atoms with Crippen LogP contribution in [0.25, 0.3) is 12.2 Å². The lowest BCUT2D eigenvalue weighted by Crippen LogP contribution is -2.28. The van der Waals surface area contributed by atoms with Crippen LogP contribution in [0.4, 0.5) is 11.4 Å². The van der Waals surface area contributed by atoms with E-state index in [9.17, 15) is 9.59 Å². The van der Waals surface area contributed by atoms with Crippen molar-refractivity contribution in [2.45, 2.75) is 32.3 Å². The molecular formula is C32H34N2O6. The monoisotopic (exact) mass is 542 g/mol. The molecule has 1 heterocycles. The summed E-state index contributed by atoms with van der Waals surface area (Å²) in [7, 11) is 3.14. The zero-order valence-electron chi connectivity index (χ0n) is 23.2. The van der Waals surface area contributed by atoms with Crippen LogP contribution in [0.5, 0.6) is 23.0 Å². The van der Waals surface area contributed by atoms with Gasteiger partial charge in [0.25, 0.3) is 0 Å². The molecule has 3 N–H and O–H groups in total. The number of carbonyl (C=O) groups is 2. The van der Waals surface area contributed by atoms with E-state index in [-0.39, 0.29) is 18.1 Å². The number of nitrogen functional groups attached to an aromatic ring is 1. The van der Waals surface area contributed by atoms with Gasteiger partial charge in [0.2, 0.25) is 5.91 Å². The van der Waals surface area contributed by atoms with Gasteiger partial charge in [-0.2, -0.15) is 0 Å². The number of para-hydroxylation sites is 2. The second-order valence-corrected chi connectivity index (χ2v) is 9.79. The summed E-state index contributed by atoms with van der Waals surface area (Å²) in [5.74, 6) is 1.86. The molecule has 208 valence electrons. The summed E-state index contributed by atoms with van der Waals surface area (Å²) < 4.78 is 22.9. The van der Waals surface area contributed by atoms with Gasteiger partial charge in [-0.25, -0.2) is 0 Å². The van der Waals surface area contributed by atoms with Gasteiger partial charge in [0, 0.05) is 6.42 Å². The van der Waals surface area contributed by atoms with Crippen molar-refractivity contribution in [1.82, 2.24) is 0 Å². The molecule has 1 aliphatic heterocycles. The lowest BCUT2D eigenvalue weighted by molar-refractivity contribution is -0.116. The molecule has 0 radical (unpaired) electrons. The van der Waals surface area contributed by atoms with Crippen molar-refractivity contribution in [3.05, 3.63) is 83.4 Å². The Kier molecular flexibility index (Phi) is 8.79. The molecule has 0 bridgehead atoms. The zero-order chi connectivity index (χ0) is 28.7. The number of ether oxygens (including phenoxy) is 4. The Morgan fingerprint density at radius 1 is 1.00 bits per heavy atom. The van der Waals surface area contributed by atoms with Gasteiger partial charge in [-0.05, 0) is 80.5 Å². The van der Waals surface area contributed by atoms with Crippen LogP contribution in [0.15, 0.2) is 66.7 Å². The predicted molar refractivity (Wildman–Crippen MR) is 157 cm³/mol. The molecule has 1 amide bonds. The van der Waals surface area contributed by atoms with E-state index in [0.717, 1.165) is 11.1 Å². The van der Waals surface area contributed by atoms with Crippen LogP contribution in [-0.4, -0.2) is 38.1 Å². The molecule has 3 aromatic carbocycles. The summed E-state index contributed by atoms with van der Waals surface area (Å²) in [6.07, 6.45) is 7.84. The van der Waals surface area contributed by atoms with Crippen molar-refractivity contribution in [2.24, 2.45) is 0 Å². The van der Waals surface area contributed by atoms with Gasteiger partial charge in [0.1, 0.15) is 17.1 Å². The molecule has 4 rings (SSSR count). The SMILES string of the molecule is COc1ccc(/C=C/C(=O)c2ccc(OC)c3c2OC(C)(C)C=C3)cc1OCCCC(=O)Nc1ccccc1N. The standard InChI is InChI=1S/C32H34N2O6/c1-32(2)18-17-23-27(37-3)16-13-22(31(23)40-32)26(35)14-11-21-12-15-28(38-4)29(20-21)39-19-7-10-30(36)34-25-9-6-5-8-24(25)33/h5-6,8-9,11-18,20H,7,10,19,33H2,1-4H3,(H,34,36)/b14-11+. The fourth-order valence-electron chi connectivity index (χ4n) is 4.21. The number of ketones is 1. The van der Waals surface area contributed by atoms with Crippen LogP contribution in [0.3, 0.4) is 0 Å². The van der Waals surface area contributed by atoms with Gasteiger partial charge < -0.3 is 30.0 Å². The Hall–Kier alpha value is -4.72. The molecule has 0 saturated carbocycles. The number of methoxy groups -OCH3 is 2. The Balaban J connectivity index is 1.41. The Morgan fingerprint density at radius 3 is 2.50 bits per heavy atom. The molecule has 8 heteroatoms. The maximum atomic E-state index is 13.2. The first kappa shape index (κ1) is 28.3. The Labute approximate surface area is 234 Å². The van der Waals surface area contributed by atoms with Gasteiger partial charge in [0.15, 0.2) is 17.3 Å². The number of carbonyl (C=O) groups excluding carboxylic acids is 2. The maximum absolute atomic E-state index is 13.2. The highest BCUT2D eigenvalue weighted by Crippen LogP contribution is 2.40. The molecule has 3 aromatic rings. The number of amides is 1. The molecule has 0 aliphatic carbocycles. The molecule has 0 atom stereocenters. The molecular weight excluding hydrogens is 508 g/mol. The van der Waals surface area contributed by atoms with Gasteiger partial charge in [-0.3, -0.25) is 9.59 Å². The van der Waals surface area contributed by atoms with Gasteiger partial charge in [0.05, 0.1) is 43.3 Å². The lowest BCUT2D eigenvalue weighted by Gasteiger charge is -2.29. The first-order valence-electron chi connectivity index (χ1n) is 13.0. The zero-order valence-corrected chi connectivity index (χ0v) is 23.2. The van der Waals surface area contributed by atoms with Gasteiger partial charge >= 0.3 is 0 Å². The number of rotatable bonds is 11. The highest BCUT2D eigenvalue weighted by atomic mass is 16.5. The minimum Gasteiger partial charge on any atom is -0.496 e. The third-order valence-corrected chi connectivity index (χ3v) is 6.31. The summed E-state index contributed by atoms with van der Waals surface area (Å²) in [6.45, 7) is 4.17. The topological polar surface area (TPSA) is 109 Å². The summed E-state index contributed by atoms with van der Waals surface area (Å²) >= 11 is 0. The minimum atomic E-state index is -0.546. The van der Waals surface area contributed by atoms with E-state index in [2.05, 4.69) is 5.32 Å². The summed E-state index contributed by atoms with van der Waals surface area (Å²) in [6, 6.07) is 16.0. The van der Waals surface area contributed by atoms with E-state index in [1.54, 1.807) is 56.7 Å². The average molecular weight is 543 g/mol. The van der Waals surface area contributed by atoms with E-state index in [1.807, 2.05) is 44.2 Å². The number of benzene rings is 3. The summed E-state index contributed by atoms with van der Waals surface area (Å²) in [4.78, 5) is 25.5. The molecule has 40 heavy (non-hydrogen) atoms. The van der Waals surface area contributed by atoms with Crippen molar-refractivity contribution in [2.75, 3.05) is 31.9 Å². The summed E-state index contributed by atoms with van der Waals surface area (Å²) in [5, 5.41) is 2.81. The smallest absolute Gasteiger partial charge is 0.224 e. The molecule has 0 spiro atoms. The average Bonchev–Trinajstić information content (AvgIpc) is 2.94. The molecule has 0 unspecified atom stereocenters. The minimum absolute atomic E-state index is 0.146. The Morgan fingerprint density at radius 2 is 1.75 bits per heavy atom. The quantitative estimate of drug-likeness (QED) is 0.129. The van der Waals surface area contributed by atoms with Crippen molar-refractivity contribution in [3.8, 4) is 23.0 Å². The highest BCUT2D eigenvalue weighted by Gasteiger charge is 2.27. The maximum Gasteiger partial charge on any atom is 0.224 e. The van der Waals surface area contributed by atoms with Crippen LogP contribution in [0.1, 0.15) is 48.2 Å². The van der Waals surface area contributed by atoms with E-state index in [0.29, 0.717) is 53.0 Å². The van der Waals surface area contributed by atoms with Crippen molar-refractivity contribution in [1.29, 1.82) is 0 Å². The number of allylic oxidation sites excluding steroid dienone is 1. The number of hydrogen-bond acceptors (Lipinski definition) is 7. The second kappa shape index (κ2) is 12.4. The van der Waals surface area contributed by atoms with Crippen molar-refractivity contribution >= 4 is 35.2 Å². The van der Waals surface area contributed by atoms with E-state index < -0.39 is 5.60 Å². The summed E-state index contributed by atoms with van der Waals surface area (Å²) in [5.41, 5.74) is 8.38. The number of fused-ring (bicyclic) bond motifs is 1. The Bertz CT molecular complexity index is 1460. The predicted octanol–water partition coefficient (Wildman–Crippen LogP) is 6.16. The first-order chi connectivity index (χ1) is 19.2. The molecule has 0 fully saturated rings. The fourth-order valence-corrected chi connectivity index (χ4v) is 4.21. The number of hydrogen-bond donors (Lipinski definition) is 2. The molecule has 8 nitrogen and oxygen atoms in total. The molecule has 0 saturated heterocycles. The van der Waals surface area contributed by atoms with Gasteiger partial charge in [-0.1, -0.05) is 24.3 Å². The van der Waals surface area contributed by atoms with Gasteiger partial charge in [-0.15, -0.1) is 0 Å². The first-order valence-corrected chi connectivity index (χ1v) is 13.0. The highest BCUT2D eigenvalue weighted by molar-refractivity contribution is 6.09. The fraction of sp³-hybridized carbons (Fsp3) is 0.250. The molecule has 1 aliphatic rings. The van der Waals surface area contributed by atoms with E-state index in [4.69, 9.17) is 24.7 Å². The van der Waals surface area contributed by atoms with Crippen LogP contribution in [-0.2, 0) is 4.79 Å². The van der Waals surface area contributed by atoms with Crippen molar-refractivity contribution < 1.29 is 28.5 Å². The van der Waals surface area contributed by atoms with E-state index in [1.165, 1.54) is 6.08 Å². The third-order valence-electron chi connectivity index (χ3n) is 6.31. The van der Waals surface area contributed by atoms with Crippen LogP contribution < -0.4 is 30.0 Å². The van der Waals surface area contributed by atoms with Crippen LogP contribution in [0, 0.1) is 0 Å². The number of nitrogens with one attached hydrogen (secondary N) is 1. The van der Waals surface area contributed by atoms with E-state index >= 15 is 0 Å². The lowest BCUT2D eigenvalue weighted by atomic mass is 9.97. The van der Waals surface area contributed by atoms with Crippen molar-refractivity contribution in [3.63, 3.8) is 0 Å². The van der Waals surface area contributed by atoms with Crippen LogP contribution in [0.2, 0.25) is 0 Å². The number of anilines is 2. The normalized spacial score (nSPS) is 13.3.